The van der Waals surface area contributed by atoms with Gasteiger partial charge in [0.2, 0.25) is 5.91 Å². The zero-order valence-electron chi connectivity index (χ0n) is 11.6. The second-order valence-electron chi connectivity index (χ2n) is 6.00. The van der Waals surface area contributed by atoms with Crippen molar-refractivity contribution in [2.45, 2.75) is 39.0 Å². The van der Waals surface area contributed by atoms with Crippen LogP contribution in [0.25, 0.3) is 0 Å². The van der Waals surface area contributed by atoms with E-state index in [1.165, 1.54) is 17.7 Å². The Labute approximate surface area is 115 Å². The van der Waals surface area contributed by atoms with E-state index < -0.39 is 0 Å². The predicted molar refractivity (Wildman–Crippen MR) is 76.5 cm³/mol. The van der Waals surface area contributed by atoms with Gasteiger partial charge in [-0.15, -0.1) is 0 Å². The Bertz CT molecular complexity index is 505. The number of hydrogen-bond donors (Lipinski definition) is 0. The number of fused-ring (bicyclic) bond motifs is 1. The Hall–Kier alpha value is -1.57. The lowest BCUT2D eigenvalue weighted by Gasteiger charge is -2.31. The SMILES string of the molecule is CC12CCCC=C1N(CCc1ccccc1)C(=O)C2. The lowest BCUT2D eigenvalue weighted by atomic mass is 9.77. The lowest BCUT2D eigenvalue weighted by Crippen LogP contribution is -2.28. The van der Waals surface area contributed by atoms with Crippen molar-refractivity contribution in [1.82, 2.24) is 4.90 Å². The van der Waals surface area contributed by atoms with Crippen LogP contribution >= 0.6 is 0 Å². The second-order valence-corrected chi connectivity index (χ2v) is 6.00. The third-order valence-electron chi connectivity index (χ3n) is 4.49. The van der Waals surface area contributed by atoms with Crippen LogP contribution in [0, 0.1) is 5.41 Å². The van der Waals surface area contributed by atoms with E-state index in [0.717, 1.165) is 25.8 Å². The van der Waals surface area contributed by atoms with Crippen LogP contribution in [-0.4, -0.2) is 17.4 Å². The highest BCUT2D eigenvalue weighted by Gasteiger charge is 2.44. The number of carbonyl (C=O) groups excluding carboxylic acids is 1. The van der Waals surface area contributed by atoms with Gasteiger partial charge in [0.1, 0.15) is 0 Å². The fourth-order valence-corrected chi connectivity index (χ4v) is 3.41. The summed E-state index contributed by atoms with van der Waals surface area (Å²) in [5.41, 5.74) is 2.71. The molecule has 2 aliphatic rings. The maximum Gasteiger partial charge on any atom is 0.227 e. The maximum atomic E-state index is 12.3. The standard InChI is InChI=1S/C17H21NO/c1-17-11-6-5-9-15(17)18(16(19)13-17)12-10-14-7-3-2-4-8-14/h2-4,7-9H,5-6,10-13H2,1H3. The van der Waals surface area contributed by atoms with Crippen LogP contribution in [0.5, 0.6) is 0 Å². The third-order valence-corrected chi connectivity index (χ3v) is 4.49. The number of nitrogens with zero attached hydrogens (tertiary/aromatic N) is 1. The van der Waals surface area contributed by atoms with Gasteiger partial charge in [-0.25, -0.2) is 0 Å². The summed E-state index contributed by atoms with van der Waals surface area (Å²) in [6.45, 7) is 3.07. The average molecular weight is 255 g/mol. The molecule has 0 bridgehead atoms. The van der Waals surface area contributed by atoms with Crippen LogP contribution < -0.4 is 0 Å². The molecular formula is C17H21NO. The van der Waals surface area contributed by atoms with Gasteiger partial charge < -0.3 is 4.90 Å². The molecule has 1 heterocycles. The van der Waals surface area contributed by atoms with E-state index in [1.54, 1.807) is 0 Å². The molecule has 1 unspecified atom stereocenters. The molecule has 1 aliphatic heterocycles. The molecule has 1 saturated heterocycles. The number of hydrogen-bond acceptors (Lipinski definition) is 1. The summed E-state index contributed by atoms with van der Waals surface area (Å²) < 4.78 is 0. The Balaban J connectivity index is 1.74. The van der Waals surface area contributed by atoms with Gasteiger partial charge in [0.25, 0.3) is 0 Å². The summed E-state index contributed by atoms with van der Waals surface area (Å²) in [6, 6.07) is 10.4. The Morgan fingerprint density at radius 2 is 2.05 bits per heavy atom. The highest BCUT2D eigenvalue weighted by Crippen LogP contribution is 2.47. The van der Waals surface area contributed by atoms with Crippen molar-refractivity contribution in [3.8, 4) is 0 Å². The maximum absolute atomic E-state index is 12.3. The molecule has 1 aliphatic carbocycles. The molecule has 2 heteroatoms. The average Bonchev–Trinajstić information content (AvgIpc) is 2.67. The first-order valence-electron chi connectivity index (χ1n) is 7.24. The van der Waals surface area contributed by atoms with Crippen LogP contribution in [-0.2, 0) is 11.2 Å². The largest absolute Gasteiger partial charge is 0.316 e. The minimum atomic E-state index is 0.117. The van der Waals surface area contributed by atoms with Crippen molar-refractivity contribution in [2.75, 3.05) is 6.54 Å². The molecule has 0 aromatic heterocycles. The Morgan fingerprint density at radius 1 is 1.26 bits per heavy atom. The van der Waals surface area contributed by atoms with Crippen LogP contribution in [0.3, 0.4) is 0 Å². The number of carbonyl (C=O) groups is 1. The minimum Gasteiger partial charge on any atom is -0.316 e. The molecule has 2 nitrogen and oxygen atoms in total. The Morgan fingerprint density at radius 3 is 2.84 bits per heavy atom. The predicted octanol–water partition coefficient (Wildman–Crippen LogP) is 3.54. The van der Waals surface area contributed by atoms with Gasteiger partial charge in [0.15, 0.2) is 0 Å². The molecule has 0 saturated carbocycles. The van der Waals surface area contributed by atoms with Gasteiger partial charge in [0.05, 0.1) is 0 Å². The zero-order chi connectivity index (χ0) is 13.3. The lowest BCUT2D eigenvalue weighted by molar-refractivity contribution is -0.127. The van der Waals surface area contributed by atoms with Crippen molar-refractivity contribution in [3.05, 3.63) is 47.7 Å². The number of likely N-dealkylation sites (tertiary alicyclic amines) is 1. The van der Waals surface area contributed by atoms with Crippen molar-refractivity contribution < 1.29 is 4.79 Å². The number of allylic oxidation sites excluding steroid dienone is 2. The molecule has 0 radical (unpaired) electrons. The highest BCUT2D eigenvalue weighted by atomic mass is 16.2. The van der Waals surface area contributed by atoms with E-state index in [4.69, 9.17) is 0 Å². The first-order chi connectivity index (χ1) is 9.19. The first-order valence-corrected chi connectivity index (χ1v) is 7.24. The first kappa shape index (κ1) is 12.5. The van der Waals surface area contributed by atoms with Crippen LogP contribution in [0.2, 0.25) is 0 Å². The van der Waals surface area contributed by atoms with Gasteiger partial charge >= 0.3 is 0 Å². The fraction of sp³-hybridized carbons (Fsp3) is 0.471. The molecule has 0 N–H and O–H groups in total. The number of amides is 1. The second kappa shape index (κ2) is 4.84. The highest BCUT2D eigenvalue weighted by molar-refractivity contribution is 5.83. The summed E-state index contributed by atoms with van der Waals surface area (Å²) in [5.74, 6) is 0.312. The zero-order valence-corrected chi connectivity index (χ0v) is 11.6. The molecule has 1 fully saturated rings. The molecule has 100 valence electrons. The summed E-state index contributed by atoms with van der Waals surface area (Å²) in [4.78, 5) is 14.3. The van der Waals surface area contributed by atoms with E-state index in [1.807, 2.05) is 11.0 Å². The molecule has 3 rings (SSSR count). The topological polar surface area (TPSA) is 20.3 Å². The molecule has 1 aromatic rings. The van der Waals surface area contributed by atoms with Crippen LogP contribution in [0.15, 0.2) is 42.1 Å². The number of benzene rings is 1. The monoisotopic (exact) mass is 255 g/mol. The van der Waals surface area contributed by atoms with E-state index in [0.29, 0.717) is 12.3 Å². The van der Waals surface area contributed by atoms with Gasteiger partial charge in [-0.05, 0) is 31.2 Å². The van der Waals surface area contributed by atoms with Gasteiger partial charge in [-0.2, -0.15) is 0 Å². The summed E-state index contributed by atoms with van der Waals surface area (Å²) in [6.07, 6.45) is 7.44. The smallest absolute Gasteiger partial charge is 0.227 e. The number of rotatable bonds is 3. The van der Waals surface area contributed by atoms with Gasteiger partial charge in [-0.3, -0.25) is 4.79 Å². The van der Waals surface area contributed by atoms with Gasteiger partial charge in [-0.1, -0.05) is 43.3 Å². The van der Waals surface area contributed by atoms with Crippen LogP contribution in [0.1, 0.15) is 38.2 Å². The fourth-order valence-electron chi connectivity index (χ4n) is 3.41. The molecular weight excluding hydrogens is 234 g/mol. The summed E-state index contributed by atoms with van der Waals surface area (Å²) in [5, 5.41) is 0. The van der Waals surface area contributed by atoms with Crippen LogP contribution in [0.4, 0.5) is 0 Å². The molecule has 0 spiro atoms. The summed E-state index contributed by atoms with van der Waals surface area (Å²) in [7, 11) is 0. The third kappa shape index (κ3) is 2.32. The summed E-state index contributed by atoms with van der Waals surface area (Å²) >= 11 is 0. The van der Waals surface area contributed by atoms with E-state index in [-0.39, 0.29) is 5.41 Å². The molecule has 1 aromatic carbocycles. The molecule has 1 atom stereocenters. The molecule has 1 amide bonds. The van der Waals surface area contributed by atoms with Crippen molar-refractivity contribution in [1.29, 1.82) is 0 Å². The molecule has 19 heavy (non-hydrogen) atoms. The van der Waals surface area contributed by atoms with Crippen molar-refractivity contribution in [3.63, 3.8) is 0 Å². The van der Waals surface area contributed by atoms with E-state index in [2.05, 4.69) is 37.3 Å². The van der Waals surface area contributed by atoms with Gasteiger partial charge in [0, 0.05) is 24.1 Å². The minimum absolute atomic E-state index is 0.117. The van der Waals surface area contributed by atoms with E-state index in [9.17, 15) is 4.79 Å². The van der Waals surface area contributed by atoms with Crippen molar-refractivity contribution >= 4 is 5.91 Å². The normalized spacial score (nSPS) is 26.3. The van der Waals surface area contributed by atoms with Crippen molar-refractivity contribution in [2.24, 2.45) is 5.41 Å². The Kier molecular flexibility index (Phi) is 3.17. The quantitative estimate of drug-likeness (QED) is 0.809. The van der Waals surface area contributed by atoms with E-state index >= 15 is 0 Å².